The van der Waals surface area contributed by atoms with E-state index in [9.17, 15) is 0 Å². The van der Waals surface area contributed by atoms with Crippen LogP contribution in [0.5, 0.6) is 0 Å². The molecule has 1 aromatic heterocycles. The lowest BCUT2D eigenvalue weighted by atomic mass is 9.71. The number of nitrogens with zero attached hydrogens (tertiary/aromatic N) is 1. The van der Waals surface area contributed by atoms with Gasteiger partial charge >= 0.3 is 0 Å². The molecule has 0 aromatic carbocycles. The van der Waals surface area contributed by atoms with Gasteiger partial charge in [0.05, 0.1) is 0 Å². The second kappa shape index (κ2) is 6.04. The van der Waals surface area contributed by atoms with E-state index >= 15 is 0 Å². The molecular weight excluding hydrogens is 232 g/mol. The summed E-state index contributed by atoms with van der Waals surface area (Å²) in [6.45, 7) is 9.38. The van der Waals surface area contributed by atoms with Gasteiger partial charge in [0.15, 0.2) is 0 Å². The SMILES string of the molecule is CC(NC1CCC(C(C)(C)C)CC1)c1cccnc1. The summed E-state index contributed by atoms with van der Waals surface area (Å²) in [5.41, 5.74) is 1.76. The van der Waals surface area contributed by atoms with Crippen molar-refractivity contribution in [3.63, 3.8) is 0 Å². The highest BCUT2D eigenvalue weighted by atomic mass is 14.9. The minimum atomic E-state index is 0.407. The van der Waals surface area contributed by atoms with Crippen LogP contribution in [0.25, 0.3) is 0 Å². The number of hydrogen-bond acceptors (Lipinski definition) is 2. The van der Waals surface area contributed by atoms with E-state index in [1.807, 2.05) is 18.5 Å². The molecule has 1 aromatic rings. The van der Waals surface area contributed by atoms with E-state index in [0.717, 1.165) is 5.92 Å². The van der Waals surface area contributed by atoms with E-state index in [1.165, 1.54) is 31.2 Å². The Labute approximate surface area is 118 Å². The zero-order chi connectivity index (χ0) is 13.9. The van der Waals surface area contributed by atoms with Crippen molar-refractivity contribution in [1.82, 2.24) is 10.3 Å². The van der Waals surface area contributed by atoms with Gasteiger partial charge in [-0.3, -0.25) is 4.98 Å². The molecule has 0 saturated heterocycles. The molecule has 0 spiro atoms. The third kappa shape index (κ3) is 4.04. The van der Waals surface area contributed by atoms with E-state index < -0.39 is 0 Å². The second-order valence-electron chi connectivity index (χ2n) is 7.09. The maximum absolute atomic E-state index is 4.20. The Bertz CT molecular complexity index is 372. The highest BCUT2D eigenvalue weighted by Crippen LogP contribution is 2.38. The summed E-state index contributed by atoms with van der Waals surface area (Å²) in [4.78, 5) is 4.20. The van der Waals surface area contributed by atoms with E-state index in [0.29, 0.717) is 17.5 Å². The molecule has 2 rings (SSSR count). The first-order valence-electron chi connectivity index (χ1n) is 7.63. The minimum absolute atomic E-state index is 0.407. The Morgan fingerprint density at radius 3 is 2.42 bits per heavy atom. The van der Waals surface area contributed by atoms with E-state index in [4.69, 9.17) is 0 Å². The van der Waals surface area contributed by atoms with E-state index in [2.05, 4.69) is 44.1 Å². The molecule has 2 nitrogen and oxygen atoms in total. The van der Waals surface area contributed by atoms with Crippen molar-refractivity contribution >= 4 is 0 Å². The molecule has 1 heterocycles. The summed E-state index contributed by atoms with van der Waals surface area (Å²) in [7, 11) is 0. The van der Waals surface area contributed by atoms with Gasteiger partial charge in [-0.25, -0.2) is 0 Å². The lowest BCUT2D eigenvalue weighted by Gasteiger charge is -2.38. The largest absolute Gasteiger partial charge is 0.307 e. The fraction of sp³-hybridized carbons (Fsp3) is 0.706. The van der Waals surface area contributed by atoms with Crippen molar-refractivity contribution in [2.24, 2.45) is 11.3 Å². The molecule has 0 radical (unpaired) electrons. The van der Waals surface area contributed by atoms with Crippen LogP contribution in [0.15, 0.2) is 24.5 Å². The molecule has 1 fully saturated rings. The highest BCUT2D eigenvalue weighted by Gasteiger charge is 2.29. The maximum atomic E-state index is 4.20. The number of nitrogens with one attached hydrogen (secondary N) is 1. The van der Waals surface area contributed by atoms with Crippen LogP contribution < -0.4 is 5.32 Å². The third-order valence-electron chi connectivity index (χ3n) is 4.62. The summed E-state index contributed by atoms with van der Waals surface area (Å²) < 4.78 is 0. The zero-order valence-electron chi connectivity index (χ0n) is 12.8. The molecule has 1 atom stereocenters. The quantitative estimate of drug-likeness (QED) is 0.874. The van der Waals surface area contributed by atoms with Crippen LogP contribution >= 0.6 is 0 Å². The average molecular weight is 260 g/mol. The van der Waals surface area contributed by atoms with Gasteiger partial charge in [-0.15, -0.1) is 0 Å². The Morgan fingerprint density at radius 1 is 1.21 bits per heavy atom. The molecule has 1 saturated carbocycles. The van der Waals surface area contributed by atoms with Crippen LogP contribution in [0.3, 0.4) is 0 Å². The van der Waals surface area contributed by atoms with Gasteiger partial charge in [-0.05, 0) is 55.6 Å². The van der Waals surface area contributed by atoms with Gasteiger partial charge in [0.25, 0.3) is 0 Å². The first kappa shape index (κ1) is 14.5. The summed E-state index contributed by atoms with van der Waals surface area (Å²) in [6.07, 6.45) is 9.16. The van der Waals surface area contributed by atoms with E-state index in [1.54, 1.807) is 0 Å². The number of rotatable bonds is 3. The van der Waals surface area contributed by atoms with Crippen molar-refractivity contribution < 1.29 is 0 Å². The molecule has 1 aliphatic carbocycles. The Kier molecular flexibility index (Phi) is 4.62. The fourth-order valence-electron chi connectivity index (χ4n) is 3.21. The monoisotopic (exact) mass is 260 g/mol. The van der Waals surface area contributed by atoms with Crippen LogP contribution in [0.1, 0.15) is 65.0 Å². The van der Waals surface area contributed by atoms with Crippen molar-refractivity contribution in [2.75, 3.05) is 0 Å². The molecule has 2 heteroatoms. The van der Waals surface area contributed by atoms with Gasteiger partial charge in [-0.1, -0.05) is 26.8 Å². The Morgan fingerprint density at radius 2 is 1.89 bits per heavy atom. The lowest BCUT2D eigenvalue weighted by Crippen LogP contribution is -2.37. The van der Waals surface area contributed by atoms with Crippen LogP contribution in [0.4, 0.5) is 0 Å². The Balaban J connectivity index is 1.83. The first-order valence-corrected chi connectivity index (χ1v) is 7.63. The number of pyridine rings is 1. The molecule has 1 unspecified atom stereocenters. The van der Waals surface area contributed by atoms with Gasteiger partial charge in [-0.2, -0.15) is 0 Å². The molecule has 0 aliphatic heterocycles. The highest BCUT2D eigenvalue weighted by molar-refractivity contribution is 5.13. The maximum Gasteiger partial charge on any atom is 0.0315 e. The molecule has 1 aliphatic rings. The van der Waals surface area contributed by atoms with Crippen molar-refractivity contribution in [1.29, 1.82) is 0 Å². The standard InChI is InChI=1S/C17H28N2/c1-13(14-6-5-11-18-12-14)19-16-9-7-15(8-10-16)17(2,3)4/h5-6,11-13,15-16,19H,7-10H2,1-4H3. The topological polar surface area (TPSA) is 24.9 Å². The minimum Gasteiger partial charge on any atom is -0.307 e. The van der Waals surface area contributed by atoms with Crippen LogP contribution in [0, 0.1) is 11.3 Å². The molecular formula is C17H28N2. The Hall–Kier alpha value is -0.890. The second-order valence-corrected chi connectivity index (χ2v) is 7.09. The lowest BCUT2D eigenvalue weighted by molar-refractivity contribution is 0.157. The summed E-state index contributed by atoms with van der Waals surface area (Å²) in [5.74, 6) is 0.888. The number of aromatic nitrogens is 1. The molecule has 1 N–H and O–H groups in total. The number of hydrogen-bond donors (Lipinski definition) is 1. The molecule has 0 bridgehead atoms. The van der Waals surface area contributed by atoms with Crippen molar-refractivity contribution in [3.8, 4) is 0 Å². The third-order valence-corrected chi connectivity index (χ3v) is 4.62. The molecule has 0 amide bonds. The van der Waals surface area contributed by atoms with Crippen LogP contribution in [-0.2, 0) is 0 Å². The average Bonchev–Trinajstić information content (AvgIpc) is 2.39. The normalized spacial score (nSPS) is 26.1. The predicted octanol–water partition coefficient (Wildman–Crippen LogP) is 4.34. The summed E-state index contributed by atoms with van der Waals surface area (Å²) >= 11 is 0. The predicted molar refractivity (Wildman–Crippen MR) is 81.0 cm³/mol. The smallest absolute Gasteiger partial charge is 0.0315 e. The van der Waals surface area contributed by atoms with E-state index in [-0.39, 0.29) is 0 Å². The van der Waals surface area contributed by atoms with Crippen molar-refractivity contribution in [3.05, 3.63) is 30.1 Å². The zero-order valence-corrected chi connectivity index (χ0v) is 12.8. The van der Waals surface area contributed by atoms with Gasteiger partial charge in [0.2, 0.25) is 0 Å². The van der Waals surface area contributed by atoms with Gasteiger partial charge in [0.1, 0.15) is 0 Å². The first-order chi connectivity index (χ1) is 8.97. The van der Waals surface area contributed by atoms with Crippen LogP contribution in [0.2, 0.25) is 0 Å². The molecule has 106 valence electrons. The summed E-state index contributed by atoms with van der Waals surface area (Å²) in [6, 6.07) is 5.26. The van der Waals surface area contributed by atoms with Crippen molar-refractivity contribution in [2.45, 2.75) is 65.5 Å². The summed E-state index contributed by atoms with van der Waals surface area (Å²) in [5, 5.41) is 3.77. The fourth-order valence-corrected chi connectivity index (χ4v) is 3.21. The van der Waals surface area contributed by atoms with Crippen LogP contribution in [-0.4, -0.2) is 11.0 Å². The molecule has 19 heavy (non-hydrogen) atoms. The van der Waals surface area contributed by atoms with Gasteiger partial charge in [0, 0.05) is 24.5 Å². The van der Waals surface area contributed by atoms with Gasteiger partial charge < -0.3 is 5.32 Å².